The second kappa shape index (κ2) is 6.64. The van der Waals surface area contributed by atoms with E-state index >= 15 is 0 Å². The predicted molar refractivity (Wildman–Crippen MR) is 112 cm³/mol. The Balaban J connectivity index is 1.41. The van der Waals surface area contributed by atoms with E-state index in [1.54, 1.807) is 11.3 Å². The highest BCUT2D eigenvalue weighted by Gasteiger charge is 2.61. The number of pyridine rings is 1. The number of aryl methyl sites for hydroxylation is 1. The number of anilines is 1. The van der Waals surface area contributed by atoms with Crippen molar-refractivity contribution in [3.05, 3.63) is 38.4 Å². The van der Waals surface area contributed by atoms with Crippen molar-refractivity contribution in [2.75, 3.05) is 5.32 Å². The SMILES string of the molecule is Cc1ccc(Br)nc1NC(=O)C1CC2(Cc3nc(C(C)(C)C)cs3)CC2N1. The van der Waals surface area contributed by atoms with Crippen LogP contribution in [-0.4, -0.2) is 28.0 Å². The number of carbonyl (C=O) groups excluding carboxylic acids is 1. The number of hydrogen-bond donors (Lipinski definition) is 2. The van der Waals surface area contributed by atoms with Gasteiger partial charge in [0.2, 0.25) is 5.91 Å². The summed E-state index contributed by atoms with van der Waals surface area (Å²) in [5.74, 6) is 0.630. The number of nitrogens with zero attached hydrogens (tertiary/aromatic N) is 2. The van der Waals surface area contributed by atoms with Gasteiger partial charge in [-0.3, -0.25) is 4.79 Å². The molecular weight excluding hydrogens is 424 g/mol. The van der Waals surface area contributed by atoms with E-state index in [2.05, 4.69) is 57.7 Å². The van der Waals surface area contributed by atoms with Gasteiger partial charge in [0.15, 0.2) is 0 Å². The molecule has 2 fully saturated rings. The van der Waals surface area contributed by atoms with E-state index in [0.717, 1.165) is 35.1 Å². The molecule has 7 heteroatoms. The zero-order valence-corrected chi connectivity index (χ0v) is 18.5. The van der Waals surface area contributed by atoms with Gasteiger partial charge in [-0.25, -0.2) is 9.97 Å². The van der Waals surface area contributed by atoms with Crippen LogP contribution in [0.2, 0.25) is 0 Å². The maximum atomic E-state index is 12.7. The van der Waals surface area contributed by atoms with Crippen LogP contribution in [-0.2, 0) is 16.6 Å². The van der Waals surface area contributed by atoms with Gasteiger partial charge in [-0.1, -0.05) is 26.8 Å². The molecular formula is C20H25BrN4OS. The summed E-state index contributed by atoms with van der Waals surface area (Å²) in [5.41, 5.74) is 2.39. The average molecular weight is 449 g/mol. The molecule has 0 spiro atoms. The number of carbonyl (C=O) groups is 1. The highest BCUT2D eigenvalue weighted by Crippen LogP contribution is 2.56. The number of nitrogens with one attached hydrogen (secondary N) is 2. The van der Waals surface area contributed by atoms with E-state index in [1.165, 1.54) is 5.01 Å². The second-order valence-electron chi connectivity index (χ2n) is 8.88. The lowest BCUT2D eigenvalue weighted by atomic mass is 9.93. The zero-order valence-electron chi connectivity index (χ0n) is 16.1. The van der Waals surface area contributed by atoms with Gasteiger partial charge in [-0.05, 0) is 52.7 Å². The minimum absolute atomic E-state index is 0.00444. The summed E-state index contributed by atoms with van der Waals surface area (Å²) in [7, 11) is 0. The Morgan fingerprint density at radius 1 is 1.37 bits per heavy atom. The normalized spacial score (nSPS) is 26.7. The number of fused-ring (bicyclic) bond motifs is 1. The van der Waals surface area contributed by atoms with Crippen LogP contribution in [0.5, 0.6) is 0 Å². The van der Waals surface area contributed by atoms with E-state index in [9.17, 15) is 4.79 Å². The third-order valence-corrected chi connectivity index (χ3v) is 6.94. The summed E-state index contributed by atoms with van der Waals surface area (Å²) in [6, 6.07) is 4.09. The first kappa shape index (κ1) is 19.0. The number of halogens is 1. The molecule has 2 N–H and O–H groups in total. The fraction of sp³-hybridized carbons (Fsp3) is 0.550. The average Bonchev–Trinajstić information content (AvgIpc) is 2.94. The maximum absolute atomic E-state index is 12.7. The molecule has 3 unspecified atom stereocenters. The Bertz CT molecular complexity index is 890. The molecule has 2 aromatic rings. The van der Waals surface area contributed by atoms with E-state index in [-0.39, 0.29) is 22.8 Å². The topological polar surface area (TPSA) is 66.9 Å². The first-order valence-electron chi connectivity index (χ1n) is 9.31. The molecule has 5 nitrogen and oxygen atoms in total. The summed E-state index contributed by atoms with van der Waals surface area (Å²) in [5, 5.41) is 9.86. The first-order valence-corrected chi connectivity index (χ1v) is 11.0. The van der Waals surface area contributed by atoms with Gasteiger partial charge in [-0.15, -0.1) is 11.3 Å². The van der Waals surface area contributed by atoms with Crippen LogP contribution in [0.1, 0.15) is 49.9 Å². The van der Waals surface area contributed by atoms with Crippen LogP contribution in [0.3, 0.4) is 0 Å². The minimum atomic E-state index is -0.161. The smallest absolute Gasteiger partial charge is 0.242 e. The lowest BCUT2D eigenvalue weighted by Gasteiger charge is -2.16. The molecule has 3 heterocycles. The molecule has 144 valence electrons. The number of hydrogen-bond acceptors (Lipinski definition) is 5. The van der Waals surface area contributed by atoms with Crippen molar-refractivity contribution in [2.24, 2.45) is 5.41 Å². The van der Waals surface area contributed by atoms with Crippen LogP contribution < -0.4 is 10.6 Å². The van der Waals surface area contributed by atoms with E-state index in [0.29, 0.717) is 11.9 Å². The van der Waals surface area contributed by atoms with E-state index < -0.39 is 0 Å². The van der Waals surface area contributed by atoms with Gasteiger partial charge in [0.25, 0.3) is 0 Å². The summed E-state index contributed by atoms with van der Waals surface area (Å²) in [6.45, 7) is 8.53. The molecule has 1 saturated heterocycles. The van der Waals surface area contributed by atoms with Crippen LogP contribution in [0.25, 0.3) is 0 Å². The van der Waals surface area contributed by atoms with Crippen LogP contribution in [0.4, 0.5) is 5.82 Å². The molecule has 1 aliphatic carbocycles. The number of piperidine rings is 1. The van der Waals surface area contributed by atoms with Crippen molar-refractivity contribution in [1.29, 1.82) is 0 Å². The summed E-state index contributed by atoms with van der Waals surface area (Å²) >= 11 is 5.11. The Morgan fingerprint density at radius 2 is 2.15 bits per heavy atom. The van der Waals surface area contributed by atoms with Gasteiger partial charge < -0.3 is 10.6 Å². The van der Waals surface area contributed by atoms with Crippen molar-refractivity contribution in [2.45, 2.75) is 64.5 Å². The first-order chi connectivity index (χ1) is 12.7. The maximum Gasteiger partial charge on any atom is 0.242 e. The van der Waals surface area contributed by atoms with Crippen LogP contribution in [0.15, 0.2) is 22.1 Å². The Morgan fingerprint density at radius 3 is 2.85 bits per heavy atom. The van der Waals surface area contributed by atoms with Crippen molar-refractivity contribution in [1.82, 2.24) is 15.3 Å². The number of amides is 1. The molecule has 0 bridgehead atoms. The molecule has 1 saturated carbocycles. The van der Waals surface area contributed by atoms with E-state index in [4.69, 9.17) is 4.98 Å². The minimum Gasteiger partial charge on any atom is -0.309 e. The highest BCUT2D eigenvalue weighted by atomic mass is 79.9. The molecule has 2 aliphatic rings. The van der Waals surface area contributed by atoms with Gasteiger partial charge in [0.1, 0.15) is 10.4 Å². The third-order valence-electron chi connectivity index (χ3n) is 5.65. The highest BCUT2D eigenvalue weighted by molar-refractivity contribution is 9.10. The van der Waals surface area contributed by atoms with Crippen molar-refractivity contribution < 1.29 is 4.79 Å². The van der Waals surface area contributed by atoms with E-state index in [1.807, 2.05) is 19.1 Å². The monoisotopic (exact) mass is 448 g/mol. The van der Waals surface area contributed by atoms with Gasteiger partial charge in [0, 0.05) is 23.3 Å². The van der Waals surface area contributed by atoms with Crippen molar-refractivity contribution >= 4 is 39.0 Å². The van der Waals surface area contributed by atoms with Crippen molar-refractivity contribution in [3.8, 4) is 0 Å². The van der Waals surface area contributed by atoms with Gasteiger partial charge in [-0.2, -0.15) is 0 Å². The fourth-order valence-electron chi connectivity index (χ4n) is 3.83. The standard InChI is InChI=1S/C20H25BrN4OS/c1-11-5-6-15(21)24-17(11)25-18(26)12-7-20(8-13(20)22-12)9-16-23-14(10-27-16)19(2,3)4/h5-6,10,12-13,22H,7-9H2,1-4H3,(H,24,25,26). The Labute approximate surface area is 172 Å². The number of rotatable bonds is 4. The quantitative estimate of drug-likeness (QED) is 0.687. The Kier molecular flexibility index (Phi) is 4.68. The largest absolute Gasteiger partial charge is 0.309 e. The lowest BCUT2D eigenvalue weighted by molar-refractivity contribution is -0.118. The molecule has 0 aromatic carbocycles. The molecule has 27 heavy (non-hydrogen) atoms. The molecule has 1 amide bonds. The number of aromatic nitrogens is 2. The molecule has 3 atom stereocenters. The summed E-state index contributed by atoms with van der Waals surface area (Å²) in [4.78, 5) is 22.0. The zero-order chi connectivity index (χ0) is 19.4. The lowest BCUT2D eigenvalue weighted by Crippen LogP contribution is -2.38. The third kappa shape index (κ3) is 3.82. The predicted octanol–water partition coefficient (Wildman–Crippen LogP) is 4.21. The van der Waals surface area contributed by atoms with Crippen molar-refractivity contribution in [3.63, 3.8) is 0 Å². The number of thiazole rings is 1. The second-order valence-corrected chi connectivity index (χ2v) is 10.6. The van der Waals surface area contributed by atoms with Crippen LogP contribution >= 0.6 is 27.3 Å². The fourth-order valence-corrected chi connectivity index (χ4v) is 5.31. The summed E-state index contributed by atoms with van der Waals surface area (Å²) in [6.07, 6.45) is 2.96. The van der Waals surface area contributed by atoms with Gasteiger partial charge >= 0.3 is 0 Å². The Hall–Kier alpha value is -1.31. The summed E-state index contributed by atoms with van der Waals surface area (Å²) < 4.78 is 0.723. The molecule has 4 rings (SSSR count). The van der Waals surface area contributed by atoms with Gasteiger partial charge in [0.05, 0.1) is 16.7 Å². The molecule has 1 aliphatic heterocycles. The van der Waals surface area contributed by atoms with Crippen LogP contribution in [0, 0.1) is 12.3 Å². The molecule has 0 radical (unpaired) electrons. The molecule has 2 aromatic heterocycles.